The van der Waals surface area contributed by atoms with E-state index in [2.05, 4.69) is 47.9 Å². The van der Waals surface area contributed by atoms with Gasteiger partial charge < -0.3 is 74.2 Å². The number of nitrogens with two attached hydrogens (primary N) is 2. The SMILES string of the molecule is CCCNC(=O)C[C@@H]1NC(=O)[C@@H](Cc2ccccc2)NC(=O)[C@H](Cc2ccccc2)NC(=O)[C@@H]2CCCN2C(=O)[C@@H](Cc2ccccc2)NC(=O)[C@H](CC(C)C)NC(=O)[C@H](CCCN)NC(=O)[C@@H]2CCCN2C(=O)[C@H](Cc2ccc(O)cc2)NC(=O)[C@H](CCC(N)=O)NC1=O. The van der Waals surface area contributed by atoms with Crippen LogP contribution in [0.15, 0.2) is 115 Å². The summed E-state index contributed by atoms with van der Waals surface area (Å²) < 4.78 is 0. The van der Waals surface area contributed by atoms with E-state index in [0.29, 0.717) is 41.5 Å². The predicted octanol–water partition coefficient (Wildman–Crippen LogP) is 0.504. The first-order valence-corrected chi connectivity index (χ1v) is 32.8. The van der Waals surface area contributed by atoms with Crippen LogP contribution in [0.4, 0.5) is 0 Å². The molecule has 26 nitrogen and oxygen atoms in total. The van der Waals surface area contributed by atoms with Gasteiger partial charge in [-0.05, 0) is 105 Å². The number of nitrogens with one attached hydrogen (secondary N) is 9. The molecule has 26 heteroatoms. The second-order valence-electron chi connectivity index (χ2n) is 24.9. The lowest BCUT2D eigenvalue weighted by Crippen LogP contribution is -2.62. The molecule has 14 N–H and O–H groups in total. The fourth-order valence-electron chi connectivity index (χ4n) is 12.0. The molecular formula is C69H91N13O13. The minimum absolute atomic E-state index is 0.00627. The zero-order chi connectivity index (χ0) is 68.6. The number of hydrogen-bond acceptors (Lipinski definition) is 14. The third kappa shape index (κ3) is 21.9. The Bertz CT molecular complexity index is 3310. The number of rotatable bonds is 20. The van der Waals surface area contributed by atoms with Gasteiger partial charge in [0.25, 0.3) is 0 Å². The fraction of sp³-hybridized carbons (Fsp3) is 0.478. The molecule has 0 saturated carbocycles. The normalized spacial score (nSPS) is 24.1. The molecule has 3 aliphatic rings. The van der Waals surface area contributed by atoms with Gasteiger partial charge in [-0.1, -0.05) is 124 Å². The number of amides is 12. The maximum absolute atomic E-state index is 15.2. The van der Waals surface area contributed by atoms with Crippen LogP contribution >= 0.6 is 0 Å². The van der Waals surface area contributed by atoms with Crippen LogP contribution in [0.25, 0.3) is 0 Å². The van der Waals surface area contributed by atoms with Crippen molar-refractivity contribution in [1.82, 2.24) is 57.7 Å². The van der Waals surface area contributed by atoms with Gasteiger partial charge in [0, 0.05) is 51.7 Å². The summed E-state index contributed by atoms with van der Waals surface area (Å²) in [7, 11) is 0. The van der Waals surface area contributed by atoms with Crippen LogP contribution < -0.4 is 59.3 Å². The highest BCUT2D eigenvalue weighted by Crippen LogP contribution is 2.24. The third-order valence-electron chi connectivity index (χ3n) is 17.0. The Hall–Kier alpha value is -9.72. The smallest absolute Gasteiger partial charge is 0.246 e. The highest BCUT2D eigenvalue weighted by molar-refractivity contribution is 6.01. The number of benzene rings is 4. The number of nitrogens with zero attached hydrogens (tertiary/aromatic N) is 2. The first kappa shape index (κ1) is 72.7. The lowest BCUT2D eigenvalue weighted by atomic mass is 9.99. The van der Waals surface area contributed by atoms with Gasteiger partial charge in [-0.2, -0.15) is 0 Å². The second-order valence-corrected chi connectivity index (χ2v) is 24.9. The molecule has 0 aromatic heterocycles. The summed E-state index contributed by atoms with van der Waals surface area (Å²) >= 11 is 0. The standard InChI is InChI=1S/C69H91N13O13/c1-4-33-72-59(85)41-53-65(91)73-49(30-31-58(71)84)61(87)79-55(40-46-26-28-47(83)29-27-46)69(95)81-34-15-24-56(81)66(92)74-48(23-14-32-70)60(86)75-50(36-42(2)3)62(88)80-54(39-45-21-12-7-13-22-45)68(94)82-35-16-25-57(82)67(93)78-52(38-44-19-10-6-11-20-44)64(90)76-51(63(89)77-53)37-43-17-8-5-9-18-43/h5-13,17-22,26-29,42,48-57,83H,4,14-16,23-25,30-41,70H2,1-3H3,(H2,71,84)(H,72,85)(H,73,91)(H,74,92)(H,75,86)(H,76,90)(H,77,89)(H,78,93)(H,79,87)(H,80,88)/t48-,49-,50-,51+,52-,53-,54+,55-,56-,57-/m0/s1. The van der Waals surface area contributed by atoms with Gasteiger partial charge in [0.05, 0.1) is 6.42 Å². The largest absolute Gasteiger partial charge is 0.508 e. The van der Waals surface area contributed by atoms with Gasteiger partial charge in [0.1, 0.15) is 66.2 Å². The van der Waals surface area contributed by atoms with E-state index in [-0.39, 0.29) is 95.6 Å². The Balaban J connectivity index is 1.33. The van der Waals surface area contributed by atoms with Crippen LogP contribution in [0.2, 0.25) is 0 Å². The van der Waals surface area contributed by atoms with Crippen molar-refractivity contribution < 1.29 is 62.6 Å². The molecule has 510 valence electrons. The average molecular weight is 1310 g/mol. The van der Waals surface area contributed by atoms with Crippen LogP contribution in [0, 0.1) is 5.92 Å². The number of hydrogen-bond donors (Lipinski definition) is 12. The van der Waals surface area contributed by atoms with Crippen LogP contribution in [0.3, 0.4) is 0 Å². The molecule has 7 rings (SSSR count). The Kier molecular flexibility index (Phi) is 27.6. The zero-order valence-corrected chi connectivity index (χ0v) is 54.2. The molecule has 95 heavy (non-hydrogen) atoms. The molecule has 3 aliphatic heterocycles. The molecule has 3 saturated heterocycles. The molecule has 0 bridgehead atoms. The summed E-state index contributed by atoms with van der Waals surface area (Å²) in [4.78, 5) is 178. The maximum Gasteiger partial charge on any atom is 0.246 e. The van der Waals surface area contributed by atoms with Crippen LogP contribution in [-0.2, 0) is 83.2 Å². The predicted molar refractivity (Wildman–Crippen MR) is 351 cm³/mol. The van der Waals surface area contributed by atoms with Gasteiger partial charge in [-0.3, -0.25) is 57.5 Å². The highest BCUT2D eigenvalue weighted by Gasteiger charge is 2.43. The van der Waals surface area contributed by atoms with E-state index >= 15 is 19.2 Å². The maximum atomic E-state index is 15.2. The van der Waals surface area contributed by atoms with Gasteiger partial charge in [0.15, 0.2) is 0 Å². The van der Waals surface area contributed by atoms with Gasteiger partial charge in [-0.15, -0.1) is 0 Å². The van der Waals surface area contributed by atoms with Crippen LogP contribution in [-0.4, -0.2) is 172 Å². The van der Waals surface area contributed by atoms with Crippen molar-refractivity contribution in [3.8, 4) is 5.75 Å². The molecule has 10 atom stereocenters. The Morgan fingerprint density at radius 3 is 1.32 bits per heavy atom. The summed E-state index contributed by atoms with van der Waals surface area (Å²) in [6, 6.07) is 17.9. The Morgan fingerprint density at radius 1 is 0.495 bits per heavy atom. The molecule has 4 aromatic rings. The number of aromatic hydroxyl groups is 1. The zero-order valence-electron chi connectivity index (χ0n) is 54.2. The van der Waals surface area contributed by atoms with Crippen molar-refractivity contribution in [2.24, 2.45) is 17.4 Å². The van der Waals surface area contributed by atoms with E-state index in [1.165, 1.54) is 34.1 Å². The van der Waals surface area contributed by atoms with Crippen molar-refractivity contribution in [2.45, 2.75) is 178 Å². The summed E-state index contributed by atoms with van der Waals surface area (Å²) in [6.07, 6.45) is -0.388. The number of primary amides is 1. The molecular weight excluding hydrogens is 1220 g/mol. The summed E-state index contributed by atoms with van der Waals surface area (Å²) in [5, 5.41) is 35.0. The van der Waals surface area contributed by atoms with E-state index in [4.69, 9.17) is 11.5 Å². The van der Waals surface area contributed by atoms with Crippen molar-refractivity contribution in [1.29, 1.82) is 0 Å². The van der Waals surface area contributed by atoms with E-state index in [1.54, 1.807) is 97.9 Å². The first-order valence-electron chi connectivity index (χ1n) is 32.8. The molecule has 0 spiro atoms. The van der Waals surface area contributed by atoms with Crippen LogP contribution in [0.5, 0.6) is 5.75 Å². The minimum atomic E-state index is -1.77. The molecule has 0 unspecified atom stereocenters. The first-order chi connectivity index (χ1) is 45.6. The quantitative estimate of drug-likeness (QED) is 0.0574. The number of carbonyl (C=O) groups excluding carboxylic acids is 12. The summed E-state index contributed by atoms with van der Waals surface area (Å²) in [6.45, 7) is 5.88. The molecule has 0 aliphatic carbocycles. The monoisotopic (exact) mass is 1310 g/mol. The summed E-state index contributed by atoms with van der Waals surface area (Å²) in [5.74, 6) is -10.0. The Labute approximate surface area is 553 Å². The Morgan fingerprint density at radius 2 is 0.863 bits per heavy atom. The molecule has 3 heterocycles. The van der Waals surface area contributed by atoms with Gasteiger partial charge >= 0.3 is 0 Å². The average Bonchev–Trinajstić information content (AvgIpc) is 1.80. The topological polar surface area (TPSA) is 392 Å². The lowest BCUT2D eigenvalue weighted by Gasteiger charge is -2.32. The molecule has 3 fully saturated rings. The number of fused-ring (bicyclic) bond motifs is 2. The molecule has 0 radical (unpaired) electrons. The highest BCUT2D eigenvalue weighted by atomic mass is 16.3. The molecule has 4 aromatic carbocycles. The number of carbonyl (C=O) groups is 12. The van der Waals surface area contributed by atoms with Crippen molar-refractivity contribution >= 4 is 70.9 Å². The van der Waals surface area contributed by atoms with E-state index < -0.39 is 151 Å². The number of phenolic OH excluding ortho intramolecular Hbond substituents is 1. The van der Waals surface area contributed by atoms with Crippen molar-refractivity contribution in [3.63, 3.8) is 0 Å². The van der Waals surface area contributed by atoms with Crippen LogP contribution in [0.1, 0.15) is 114 Å². The fourth-order valence-corrected chi connectivity index (χ4v) is 12.0. The van der Waals surface area contributed by atoms with E-state index in [0.717, 1.165) is 0 Å². The van der Waals surface area contributed by atoms with E-state index in [1.807, 2.05) is 13.8 Å². The summed E-state index contributed by atoms with van der Waals surface area (Å²) in [5.41, 5.74) is 13.8. The molecule has 12 amide bonds. The lowest BCUT2D eigenvalue weighted by molar-refractivity contribution is -0.143. The van der Waals surface area contributed by atoms with Crippen molar-refractivity contribution in [2.75, 3.05) is 26.2 Å². The number of phenols is 1. The minimum Gasteiger partial charge on any atom is -0.508 e. The second kappa shape index (κ2) is 36.1. The van der Waals surface area contributed by atoms with Gasteiger partial charge in [-0.25, -0.2) is 0 Å². The van der Waals surface area contributed by atoms with E-state index in [9.17, 15) is 43.5 Å². The third-order valence-corrected chi connectivity index (χ3v) is 17.0. The van der Waals surface area contributed by atoms with Crippen molar-refractivity contribution in [3.05, 3.63) is 138 Å². The van der Waals surface area contributed by atoms with Gasteiger partial charge in [0.2, 0.25) is 70.9 Å².